The summed E-state index contributed by atoms with van der Waals surface area (Å²) in [5.41, 5.74) is 2.15. The third-order valence-electron chi connectivity index (χ3n) is 2.64. The van der Waals surface area contributed by atoms with Gasteiger partial charge in [-0.1, -0.05) is 17.7 Å². The second-order valence-corrected chi connectivity index (χ2v) is 4.32. The van der Waals surface area contributed by atoms with Crippen LogP contribution in [0.2, 0.25) is 0 Å². The summed E-state index contributed by atoms with van der Waals surface area (Å²) < 4.78 is 5.75. The minimum Gasteiger partial charge on any atom is -0.490 e. The highest BCUT2D eigenvalue weighted by atomic mass is 16.5. The zero-order chi connectivity index (χ0) is 11.5. The van der Waals surface area contributed by atoms with E-state index in [-0.39, 0.29) is 6.42 Å². The van der Waals surface area contributed by atoms with Crippen molar-refractivity contribution in [1.29, 1.82) is 0 Å². The van der Waals surface area contributed by atoms with E-state index in [0.717, 1.165) is 29.7 Å². The summed E-state index contributed by atoms with van der Waals surface area (Å²) in [5.74, 6) is 0.0910. The number of ether oxygens (including phenoxy) is 1. The van der Waals surface area contributed by atoms with Crippen molar-refractivity contribution < 1.29 is 14.6 Å². The summed E-state index contributed by atoms with van der Waals surface area (Å²) in [6, 6.07) is 5.97. The Balaban J connectivity index is 2.10. The SMILES string of the molecule is Cc1ccc(OC2CC2)c(CCC(=O)O)c1. The van der Waals surface area contributed by atoms with Crippen molar-refractivity contribution in [2.75, 3.05) is 0 Å². The smallest absolute Gasteiger partial charge is 0.303 e. The van der Waals surface area contributed by atoms with Crippen molar-refractivity contribution in [1.82, 2.24) is 0 Å². The zero-order valence-electron chi connectivity index (χ0n) is 9.40. The van der Waals surface area contributed by atoms with Crippen LogP contribution in [0.5, 0.6) is 5.75 Å². The molecule has 0 bridgehead atoms. The van der Waals surface area contributed by atoms with Gasteiger partial charge in [0, 0.05) is 6.42 Å². The normalized spacial score (nSPS) is 14.8. The third-order valence-corrected chi connectivity index (χ3v) is 2.64. The van der Waals surface area contributed by atoms with Gasteiger partial charge in [0.1, 0.15) is 5.75 Å². The fourth-order valence-corrected chi connectivity index (χ4v) is 1.63. The maximum atomic E-state index is 10.6. The second-order valence-electron chi connectivity index (χ2n) is 4.32. The van der Waals surface area contributed by atoms with Gasteiger partial charge in [0.25, 0.3) is 0 Å². The molecule has 0 spiro atoms. The minimum absolute atomic E-state index is 0.157. The van der Waals surface area contributed by atoms with Gasteiger partial charge in [-0.15, -0.1) is 0 Å². The van der Waals surface area contributed by atoms with E-state index in [4.69, 9.17) is 9.84 Å². The molecule has 2 rings (SSSR count). The van der Waals surface area contributed by atoms with E-state index in [0.29, 0.717) is 12.5 Å². The van der Waals surface area contributed by atoms with E-state index in [1.807, 2.05) is 25.1 Å². The number of hydrogen-bond acceptors (Lipinski definition) is 2. The molecule has 0 heterocycles. The molecule has 0 aromatic heterocycles. The Hall–Kier alpha value is -1.51. The van der Waals surface area contributed by atoms with Crippen LogP contribution in [0.1, 0.15) is 30.4 Å². The molecule has 1 aromatic carbocycles. The Morgan fingerprint density at radius 2 is 2.25 bits per heavy atom. The largest absolute Gasteiger partial charge is 0.490 e. The van der Waals surface area contributed by atoms with Crippen molar-refractivity contribution in [2.24, 2.45) is 0 Å². The topological polar surface area (TPSA) is 46.5 Å². The van der Waals surface area contributed by atoms with Crippen LogP contribution in [0.15, 0.2) is 18.2 Å². The predicted octanol–water partition coefficient (Wildman–Crippen LogP) is 2.55. The number of aryl methyl sites for hydroxylation is 2. The van der Waals surface area contributed by atoms with Crippen LogP contribution in [0.25, 0.3) is 0 Å². The van der Waals surface area contributed by atoms with Crippen LogP contribution in [0, 0.1) is 6.92 Å². The highest BCUT2D eigenvalue weighted by Crippen LogP contribution is 2.30. The van der Waals surface area contributed by atoms with E-state index in [1.165, 1.54) is 0 Å². The first kappa shape index (κ1) is 11.0. The van der Waals surface area contributed by atoms with Crippen molar-refractivity contribution in [3.63, 3.8) is 0 Å². The predicted molar refractivity (Wildman–Crippen MR) is 60.8 cm³/mol. The fourth-order valence-electron chi connectivity index (χ4n) is 1.63. The Morgan fingerprint density at radius 1 is 1.50 bits per heavy atom. The summed E-state index contributed by atoms with van der Waals surface area (Å²) in [5, 5.41) is 8.69. The van der Waals surface area contributed by atoms with Crippen LogP contribution >= 0.6 is 0 Å². The van der Waals surface area contributed by atoms with Gasteiger partial charge in [0.2, 0.25) is 0 Å². The van der Waals surface area contributed by atoms with Crippen LogP contribution in [0.3, 0.4) is 0 Å². The van der Waals surface area contributed by atoms with E-state index >= 15 is 0 Å². The van der Waals surface area contributed by atoms with E-state index in [1.54, 1.807) is 0 Å². The summed E-state index contributed by atoms with van der Waals surface area (Å²) in [6.07, 6.45) is 3.29. The first-order chi connectivity index (χ1) is 7.65. The van der Waals surface area contributed by atoms with Gasteiger partial charge in [0.05, 0.1) is 6.10 Å². The van der Waals surface area contributed by atoms with Crippen LogP contribution in [0.4, 0.5) is 0 Å². The number of hydrogen-bond donors (Lipinski definition) is 1. The van der Waals surface area contributed by atoms with E-state index in [2.05, 4.69) is 0 Å². The highest BCUT2D eigenvalue weighted by Gasteiger charge is 2.24. The first-order valence-corrected chi connectivity index (χ1v) is 5.63. The van der Waals surface area contributed by atoms with E-state index < -0.39 is 5.97 Å². The fraction of sp³-hybridized carbons (Fsp3) is 0.462. The molecule has 0 saturated heterocycles. The standard InChI is InChI=1S/C13H16O3/c1-9-2-6-12(16-11-4-5-11)10(8-9)3-7-13(14)15/h2,6,8,11H,3-5,7H2,1H3,(H,14,15). The van der Waals surface area contributed by atoms with Crippen LogP contribution < -0.4 is 4.74 Å². The van der Waals surface area contributed by atoms with Crippen molar-refractivity contribution >= 4 is 5.97 Å². The Bertz CT molecular complexity index is 394. The molecule has 16 heavy (non-hydrogen) atoms. The molecular weight excluding hydrogens is 204 g/mol. The average molecular weight is 220 g/mol. The highest BCUT2D eigenvalue weighted by molar-refractivity contribution is 5.67. The summed E-state index contributed by atoms with van der Waals surface area (Å²) in [4.78, 5) is 10.6. The molecule has 0 radical (unpaired) electrons. The first-order valence-electron chi connectivity index (χ1n) is 5.63. The molecule has 0 aliphatic heterocycles. The van der Waals surface area contributed by atoms with Gasteiger partial charge < -0.3 is 9.84 Å². The van der Waals surface area contributed by atoms with Gasteiger partial charge in [-0.3, -0.25) is 4.79 Å². The molecular formula is C13H16O3. The van der Waals surface area contributed by atoms with Gasteiger partial charge in [-0.25, -0.2) is 0 Å². The average Bonchev–Trinajstić information content (AvgIpc) is 3.02. The minimum atomic E-state index is -0.765. The molecule has 0 atom stereocenters. The Morgan fingerprint density at radius 3 is 2.88 bits per heavy atom. The number of rotatable bonds is 5. The number of benzene rings is 1. The lowest BCUT2D eigenvalue weighted by Crippen LogP contribution is -2.03. The Kier molecular flexibility index (Phi) is 3.13. The van der Waals surface area contributed by atoms with Crippen molar-refractivity contribution in [2.45, 2.75) is 38.7 Å². The zero-order valence-corrected chi connectivity index (χ0v) is 9.40. The Labute approximate surface area is 95.0 Å². The maximum Gasteiger partial charge on any atom is 0.303 e. The summed E-state index contributed by atoms with van der Waals surface area (Å²) in [6.45, 7) is 2.01. The summed E-state index contributed by atoms with van der Waals surface area (Å²) >= 11 is 0. The lowest BCUT2D eigenvalue weighted by molar-refractivity contribution is -0.136. The molecule has 1 fully saturated rings. The van der Waals surface area contributed by atoms with Crippen LogP contribution in [-0.4, -0.2) is 17.2 Å². The molecule has 1 aromatic rings. The molecule has 1 saturated carbocycles. The quantitative estimate of drug-likeness (QED) is 0.829. The summed E-state index contributed by atoms with van der Waals surface area (Å²) in [7, 11) is 0. The van der Waals surface area contributed by atoms with Gasteiger partial charge in [-0.05, 0) is 37.8 Å². The molecule has 0 amide bonds. The van der Waals surface area contributed by atoms with Crippen LogP contribution in [-0.2, 0) is 11.2 Å². The third kappa shape index (κ3) is 2.99. The number of carboxylic acid groups (broad SMARTS) is 1. The van der Waals surface area contributed by atoms with Gasteiger partial charge >= 0.3 is 5.97 Å². The molecule has 3 nitrogen and oxygen atoms in total. The molecule has 86 valence electrons. The lowest BCUT2D eigenvalue weighted by Gasteiger charge is -2.11. The number of carboxylic acids is 1. The molecule has 1 aliphatic rings. The van der Waals surface area contributed by atoms with E-state index in [9.17, 15) is 4.79 Å². The second kappa shape index (κ2) is 4.56. The van der Waals surface area contributed by atoms with Crippen molar-refractivity contribution in [3.05, 3.63) is 29.3 Å². The number of carbonyl (C=O) groups is 1. The van der Waals surface area contributed by atoms with Gasteiger partial charge in [0.15, 0.2) is 0 Å². The molecule has 3 heteroatoms. The van der Waals surface area contributed by atoms with Gasteiger partial charge in [-0.2, -0.15) is 0 Å². The van der Waals surface area contributed by atoms with Crippen molar-refractivity contribution in [3.8, 4) is 5.75 Å². The molecule has 1 N–H and O–H groups in total. The maximum absolute atomic E-state index is 10.6. The number of aliphatic carboxylic acids is 1. The molecule has 1 aliphatic carbocycles. The lowest BCUT2D eigenvalue weighted by atomic mass is 10.1. The monoisotopic (exact) mass is 220 g/mol. The molecule has 0 unspecified atom stereocenters.